The molecular weight excluding hydrogens is 296 g/mol. The number of urea groups is 1. The van der Waals surface area contributed by atoms with E-state index < -0.39 is 21.7 Å². The molecule has 8 heteroatoms. The Kier molecular flexibility index (Phi) is 4.75. The van der Waals surface area contributed by atoms with Gasteiger partial charge in [-0.1, -0.05) is 6.42 Å². The van der Waals surface area contributed by atoms with Crippen molar-refractivity contribution in [1.29, 1.82) is 0 Å². The van der Waals surface area contributed by atoms with Crippen molar-refractivity contribution in [3.05, 3.63) is 0 Å². The Labute approximate surface area is 124 Å². The lowest BCUT2D eigenvalue weighted by Crippen LogP contribution is -2.55. The molecule has 120 valence electrons. The van der Waals surface area contributed by atoms with Gasteiger partial charge in [-0.05, 0) is 26.2 Å². The van der Waals surface area contributed by atoms with Crippen LogP contribution in [0.1, 0.15) is 32.6 Å². The summed E-state index contributed by atoms with van der Waals surface area (Å²) in [6.45, 7) is 1.92. The van der Waals surface area contributed by atoms with E-state index in [-0.39, 0.29) is 36.2 Å². The molecule has 21 heavy (non-hydrogen) atoms. The molecule has 3 unspecified atom stereocenters. The van der Waals surface area contributed by atoms with Crippen LogP contribution in [0.25, 0.3) is 0 Å². The Hall–Kier alpha value is -1.31. The Morgan fingerprint density at radius 3 is 2.62 bits per heavy atom. The van der Waals surface area contributed by atoms with E-state index in [1.54, 1.807) is 6.92 Å². The molecule has 1 saturated carbocycles. The van der Waals surface area contributed by atoms with Crippen molar-refractivity contribution in [2.45, 2.75) is 44.7 Å². The van der Waals surface area contributed by atoms with Gasteiger partial charge >= 0.3 is 12.0 Å². The predicted molar refractivity (Wildman–Crippen MR) is 76.7 cm³/mol. The fraction of sp³-hybridized carbons (Fsp3) is 0.846. The highest BCUT2D eigenvalue weighted by Gasteiger charge is 2.33. The summed E-state index contributed by atoms with van der Waals surface area (Å²) in [4.78, 5) is 24.8. The Balaban J connectivity index is 1.91. The molecule has 0 radical (unpaired) electrons. The predicted octanol–water partition coefficient (Wildman–Crippen LogP) is 0.458. The van der Waals surface area contributed by atoms with Crippen molar-refractivity contribution in [1.82, 2.24) is 10.2 Å². The van der Waals surface area contributed by atoms with Gasteiger partial charge in [0.15, 0.2) is 9.84 Å². The summed E-state index contributed by atoms with van der Waals surface area (Å²) in [6, 6.07) is -0.769. The highest BCUT2D eigenvalue weighted by molar-refractivity contribution is 7.91. The molecule has 0 aromatic carbocycles. The molecule has 1 heterocycles. The average molecular weight is 318 g/mol. The molecule has 0 bridgehead atoms. The van der Waals surface area contributed by atoms with E-state index >= 15 is 0 Å². The highest BCUT2D eigenvalue weighted by Crippen LogP contribution is 2.25. The fourth-order valence-corrected chi connectivity index (χ4v) is 4.66. The lowest BCUT2D eigenvalue weighted by atomic mass is 9.86. The van der Waals surface area contributed by atoms with Crippen LogP contribution in [-0.4, -0.2) is 60.6 Å². The van der Waals surface area contributed by atoms with Gasteiger partial charge in [-0.3, -0.25) is 4.79 Å². The maximum absolute atomic E-state index is 12.2. The van der Waals surface area contributed by atoms with E-state index in [1.807, 2.05) is 0 Å². The lowest BCUT2D eigenvalue weighted by molar-refractivity contribution is -0.143. The quantitative estimate of drug-likeness (QED) is 0.770. The number of carboxylic acids is 1. The molecule has 7 nitrogen and oxygen atoms in total. The number of carboxylic acid groups (broad SMARTS) is 1. The zero-order valence-electron chi connectivity index (χ0n) is 12.1. The second-order valence-electron chi connectivity index (χ2n) is 6.00. The van der Waals surface area contributed by atoms with Crippen molar-refractivity contribution >= 4 is 21.8 Å². The summed E-state index contributed by atoms with van der Waals surface area (Å²) >= 11 is 0. The molecule has 2 aliphatic rings. The number of amides is 2. The summed E-state index contributed by atoms with van der Waals surface area (Å²) in [5.74, 6) is -1.23. The molecule has 3 atom stereocenters. The topological polar surface area (TPSA) is 104 Å². The minimum Gasteiger partial charge on any atom is -0.481 e. The van der Waals surface area contributed by atoms with Gasteiger partial charge in [0.05, 0.1) is 17.4 Å². The van der Waals surface area contributed by atoms with E-state index in [9.17, 15) is 18.0 Å². The van der Waals surface area contributed by atoms with Crippen LogP contribution in [0, 0.1) is 5.92 Å². The minimum absolute atomic E-state index is 0.00677. The number of carbonyl (C=O) groups is 2. The van der Waals surface area contributed by atoms with Gasteiger partial charge in [0, 0.05) is 18.6 Å². The highest BCUT2D eigenvalue weighted by atomic mass is 32.2. The minimum atomic E-state index is -3.05. The van der Waals surface area contributed by atoms with Crippen LogP contribution in [0.4, 0.5) is 4.79 Å². The number of carbonyl (C=O) groups excluding carboxylic acids is 1. The van der Waals surface area contributed by atoms with Crippen molar-refractivity contribution in [2.75, 3.05) is 18.1 Å². The van der Waals surface area contributed by atoms with Crippen LogP contribution in [-0.2, 0) is 14.6 Å². The summed E-state index contributed by atoms with van der Waals surface area (Å²) in [5.41, 5.74) is 0. The van der Waals surface area contributed by atoms with Gasteiger partial charge in [0.25, 0.3) is 0 Å². The standard InChI is InChI=1S/C13H22N2O5S/c1-9-8-21(19,20)6-5-15(9)13(18)14-11-4-2-3-10(7-11)12(16)17/h9-11H,2-8H2,1H3,(H,14,18)(H,16,17). The number of nitrogens with zero attached hydrogens (tertiary/aromatic N) is 1. The van der Waals surface area contributed by atoms with Crippen molar-refractivity contribution in [3.8, 4) is 0 Å². The number of hydrogen-bond donors (Lipinski definition) is 2. The summed E-state index contributed by atoms with van der Waals surface area (Å²) < 4.78 is 23.0. The average Bonchev–Trinajstić information content (AvgIpc) is 2.37. The molecular formula is C13H22N2O5S. The Morgan fingerprint density at radius 1 is 1.29 bits per heavy atom. The summed E-state index contributed by atoms with van der Waals surface area (Å²) in [6.07, 6.45) is 2.66. The number of hydrogen-bond acceptors (Lipinski definition) is 4. The lowest BCUT2D eigenvalue weighted by Gasteiger charge is -2.35. The molecule has 0 aromatic rings. The Morgan fingerprint density at radius 2 is 2.00 bits per heavy atom. The molecule has 1 aliphatic carbocycles. The number of sulfone groups is 1. The van der Waals surface area contributed by atoms with E-state index in [4.69, 9.17) is 5.11 Å². The molecule has 2 N–H and O–H groups in total. The van der Waals surface area contributed by atoms with Crippen LogP contribution in [0.15, 0.2) is 0 Å². The maximum Gasteiger partial charge on any atom is 0.317 e. The number of nitrogens with one attached hydrogen (secondary N) is 1. The molecule has 2 fully saturated rings. The third-order valence-electron chi connectivity index (χ3n) is 4.28. The van der Waals surface area contributed by atoms with Gasteiger partial charge in [-0.25, -0.2) is 13.2 Å². The van der Waals surface area contributed by atoms with Crippen LogP contribution in [0.5, 0.6) is 0 Å². The van der Waals surface area contributed by atoms with Crippen LogP contribution < -0.4 is 5.32 Å². The van der Waals surface area contributed by atoms with E-state index in [0.717, 1.165) is 12.8 Å². The SMILES string of the molecule is CC1CS(=O)(=O)CCN1C(=O)NC1CCCC(C(=O)O)C1. The van der Waals surface area contributed by atoms with Crippen LogP contribution in [0.2, 0.25) is 0 Å². The molecule has 0 aromatic heterocycles. The normalized spacial score (nSPS) is 32.4. The number of rotatable bonds is 2. The van der Waals surface area contributed by atoms with Crippen LogP contribution >= 0.6 is 0 Å². The van der Waals surface area contributed by atoms with Gasteiger partial charge in [-0.15, -0.1) is 0 Å². The van der Waals surface area contributed by atoms with Gasteiger partial charge < -0.3 is 15.3 Å². The smallest absolute Gasteiger partial charge is 0.317 e. The Bertz CT molecular complexity index is 519. The molecule has 2 rings (SSSR count). The first-order valence-electron chi connectivity index (χ1n) is 7.29. The van der Waals surface area contributed by atoms with Gasteiger partial charge in [-0.2, -0.15) is 0 Å². The summed E-state index contributed by atoms with van der Waals surface area (Å²) in [5, 5.41) is 11.9. The van der Waals surface area contributed by atoms with Gasteiger partial charge in [0.1, 0.15) is 0 Å². The van der Waals surface area contributed by atoms with E-state index in [0.29, 0.717) is 12.8 Å². The van der Waals surface area contributed by atoms with E-state index in [1.165, 1.54) is 4.90 Å². The zero-order chi connectivity index (χ0) is 15.6. The maximum atomic E-state index is 12.2. The first-order chi connectivity index (χ1) is 9.78. The van der Waals surface area contributed by atoms with E-state index in [2.05, 4.69) is 5.32 Å². The van der Waals surface area contributed by atoms with Crippen molar-refractivity contribution in [2.24, 2.45) is 5.92 Å². The third-order valence-corrected chi connectivity index (χ3v) is 6.08. The zero-order valence-corrected chi connectivity index (χ0v) is 12.9. The van der Waals surface area contributed by atoms with Gasteiger partial charge in [0.2, 0.25) is 0 Å². The first kappa shape index (κ1) is 16.1. The largest absolute Gasteiger partial charge is 0.481 e. The third kappa shape index (κ3) is 4.09. The van der Waals surface area contributed by atoms with Crippen LogP contribution in [0.3, 0.4) is 0 Å². The second-order valence-corrected chi connectivity index (χ2v) is 8.23. The molecule has 2 amide bonds. The van der Waals surface area contributed by atoms with Crippen molar-refractivity contribution in [3.63, 3.8) is 0 Å². The fourth-order valence-electron chi connectivity index (χ4n) is 3.10. The molecule has 0 spiro atoms. The summed E-state index contributed by atoms with van der Waals surface area (Å²) in [7, 11) is -3.05. The molecule has 1 saturated heterocycles. The molecule has 1 aliphatic heterocycles. The second kappa shape index (κ2) is 6.21. The number of aliphatic carboxylic acids is 1. The monoisotopic (exact) mass is 318 g/mol. The first-order valence-corrected chi connectivity index (χ1v) is 9.11. The van der Waals surface area contributed by atoms with Crippen molar-refractivity contribution < 1.29 is 23.1 Å².